The van der Waals surface area contributed by atoms with E-state index in [4.69, 9.17) is 0 Å². The van der Waals surface area contributed by atoms with Gasteiger partial charge in [0.25, 0.3) is 0 Å². The average molecular weight is 367 g/mol. The van der Waals surface area contributed by atoms with Crippen LogP contribution in [0.25, 0.3) is 0 Å². The van der Waals surface area contributed by atoms with Crippen LogP contribution in [0.1, 0.15) is 69.4 Å². The van der Waals surface area contributed by atoms with Crippen LogP contribution >= 0.6 is 0 Å². The monoisotopic (exact) mass is 366 g/mol. The van der Waals surface area contributed by atoms with E-state index < -0.39 is 0 Å². The van der Waals surface area contributed by atoms with Crippen LogP contribution < -0.4 is 12.4 Å². The van der Waals surface area contributed by atoms with Crippen molar-refractivity contribution in [2.75, 3.05) is 13.1 Å². The van der Waals surface area contributed by atoms with E-state index in [2.05, 4.69) is 34.3 Å². The van der Waals surface area contributed by atoms with Crippen LogP contribution in [0.2, 0.25) is 0 Å². The molecule has 1 aliphatic rings. The standard InChI is InChI=1S/C18H26FN5.ClH/c1-3-23(4-2)17(14-10-12-15(19)13-11-14)18-20-21-22-24(18)16-8-6-5-7-9-16;/h10-13,16-17H,3-9H2,1-2H3;1H/p-1. The summed E-state index contributed by atoms with van der Waals surface area (Å²) in [7, 11) is 0. The molecular formula is C18H26ClFN5-. The lowest BCUT2D eigenvalue weighted by Gasteiger charge is -2.31. The minimum Gasteiger partial charge on any atom is -1.00 e. The zero-order chi connectivity index (χ0) is 16.9. The van der Waals surface area contributed by atoms with Gasteiger partial charge in [-0.1, -0.05) is 45.2 Å². The molecule has 0 amide bonds. The minimum atomic E-state index is -0.219. The maximum Gasteiger partial charge on any atom is 0.173 e. The van der Waals surface area contributed by atoms with Crippen molar-refractivity contribution in [3.8, 4) is 0 Å². The van der Waals surface area contributed by atoms with Crippen molar-refractivity contribution >= 4 is 0 Å². The summed E-state index contributed by atoms with van der Waals surface area (Å²) in [6.07, 6.45) is 6.02. The van der Waals surface area contributed by atoms with E-state index >= 15 is 0 Å². The second-order valence-electron chi connectivity index (χ2n) is 6.45. The van der Waals surface area contributed by atoms with Crippen molar-refractivity contribution in [2.24, 2.45) is 0 Å². The Morgan fingerprint density at radius 2 is 1.76 bits per heavy atom. The molecule has 1 aromatic heterocycles. The Morgan fingerprint density at radius 1 is 1.12 bits per heavy atom. The molecule has 1 heterocycles. The Morgan fingerprint density at radius 3 is 2.36 bits per heavy atom. The zero-order valence-electron chi connectivity index (χ0n) is 14.9. The molecule has 0 spiro atoms. The van der Waals surface area contributed by atoms with Gasteiger partial charge < -0.3 is 12.4 Å². The van der Waals surface area contributed by atoms with Crippen molar-refractivity contribution in [3.05, 3.63) is 41.5 Å². The Balaban J connectivity index is 0.00000225. The molecule has 2 aromatic rings. The summed E-state index contributed by atoms with van der Waals surface area (Å²) < 4.78 is 15.4. The molecular weight excluding hydrogens is 341 g/mol. The largest absolute Gasteiger partial charge is 1.00 e. The summed E-state index contributed by atoms with van der Waals surface area (Å²) in [4.78, 5) is 2.32. The number of aromatic nitrogens is 4. The van der Waals surface area contributed by atoms with Crippen LogP contribution in [0.5, 0.6) is 0 Å². The lowest BCUT2D eigenvalue weighted by atomic mass is 9.95. The van der Waals surface area contributed by atoms with Gasteiger partial charge in [0.1, 0.15) is 5.82 Å². The Kier molecular flexibility index (Phi) is 7.32. The molecule has 1 atom stereocenters. The number of halogens is 2. The molecule has 0 aliphatic heterocycles. The fraction of sp³-hybridized carbons (Fsp3) is 0.611. The molecule has 3 rings (SSSR count). The third kappa shape index (κ3) is 4.36. The first-order chi connectivity index (χ1) is 11.7. The summed E-state index contributed by atoms with van der Waals surface area (Å²) in [6, 6.07) is 7.05. The zero-order valence-corrected chi connectivity index (χ0v) is 15.7. The molecule has 1 aliphatic carbocycles. The molecule has 1 aromatic carbocycles. The lowest BCUT2D eigenvalue weighted by molar-refractivity contribution is -0.00000590. The van der Waals surface area contributed by atoms with Crippen molar-refractivity contribution in [2.45, 2.75) is 58.0 Å². The minimum absolute atomic E-state index is 0. The average Bonchev–Trinajstić information content (AvgIpc) is 3.10. The normalized spacial score (nSPS) is 16.6. The second kappa shape index (κ2) is 9.25. The van der Waals surface area contributed by atoms with Crippen LogP contribution in [0.3, 0.4) is 0 Å². The molecule has 138 valence electrons. The molecule has 0 radical (unpaired) electrons. The second-order valence-corrected chi connectivity index (χ2v) is 6.45. The van der Waals surface area contributed by atoms with E-state index in [0.29, 0.717) is 6.04 Å². The van der Waals surface area contributed by atoms with Crippen molar-refractivity contribution in [1.29, 1.82) is 0 Å². The van der Waals surface area contributed by atoms with Crippen LogP contribution in [-0.2, 0) is 0 Å². The smallest absolute Gasteiger partial charge is 0.173 e. The highest BCUT2D eigenvalue weighted by atomic mass is 35.5. The van der Waals surface area contributed by atoms with E-state index in [1.54, 1.807) is 0 Å². The summed E-state index contributed by atoms with van der Waals surface area (Å²) in [6.45, 7) is 6.04. The van der Waals surface area contributed by atoms with Gasteiger partial charge in [-0.15, -0.1) is 5.10 Å². The maximum atomic E-state index is 13.4. The van der Waals surface area contributed by atoms with Crippen LogP contribution in [0, 0.1) is 5.82 Å². The summed E-state index contributed by atoms with van der Waals surface area (Å²) in [5.41, 5.74) is 1.03. The number of tetrazole rings is 1. The number of hydrogen-bond donors (Lipinski definition) is 0. The molecule has 0 N–H and O–H groups in total. The predicted octanol–water partition coefficient (Wildman–Crippen LogP) is 0.753. The van der Waals surface area contributed by atoms with Gasteiger partial charge in [-0.2, -0.15) is 0 Å². The number of nitrogens with zero attached hydrogens (tertiary/aromatic N) is 5. The van der Waals surface area contributed by atoms with E-state index in [9.17, 15) is 4.39 Å². The molecule has 0 saturated heterocycles. The molecule has 5 nitrogen and oxygen atoms in total. The van der Waals surface area contributed by atoms with Gasteiger partial charge in [0.2, 0.25) is 0 Å². The summed E-state index contributed by atoms with van der Waals surface area (Å²) in [5, 5.41) is 12.7. The molecule has 1 unspecified atom stereocenters. The molecule has 0 bridgehead atoms. The highest BCUT2D eigenvalue weighted by molar-refractivity contribution is 5.25. The number of benzene rings is 1. The van der Waals surface area contributed by atoms with Gasteiger partial charge in [-0.05, 0) is 54.1 Å². The van der Waals surface area contributed by atoms with E-state index in [1.165, 1.54) is 31.4 Å². The molecule has 7 heteroatoms. The number of hydrogen-bond acceptors (Lipinski definition) is 4. The first-order valence-electron chi connectivity index (χ1n) is 9.01. The highest BCUT2D eigenvalue weighted by Crippen LogP contribution is 2.33. The molecule has 25 heavy (non-hydrogen) atoms. The van der Waals surface area contributed by atoms with Gasteiger partial charge in [0.15, 0.2) is 5.82 Å². The van der Waals surface area contributed by atoms with Crippen LogP contribution in [0.15, 0.2) is 24.3 Å². The fourth-order valence-electron chi connectivity index (χ4n) is 3.72. The van der Waals surface area contributed by atoms with E-state index in [0.717, 1.165) is 37.3 Å². The van der Waals surface area contributed by atoms with Gasteiger partial charge >= 0.3 is 0 Å². The van der Waals surface area contributed by atoms with Gasteiger partial charge in [0.05, 0.1) is 12.1 Å². The van der Waals surface area contributed by atoms with Gasteiger partial charge in [-0.25, -0.2) is 9.07 Å². The number of rotatable bonds is 6. The van der Waals surface area contributed by atoms with Gasteiger partial charge in [0, 0.05) is 0 Å². The Bertz CT molecular complexity index is 635. The highest BCUT2D eigenvalue weighted by Gasteiger charge is 2.29. The summed E-state index contributed by atoms with van der Waals surface area (Å²) in [5.74, 6) is 0.654. The topological polar surface area (TPSA) is 46.8 Å². The molecule has 1 fully saturated rings. The summed E-state index contributed by atoms with van der Waals surface area (Å²) >= 11 is 0. The Labute approximate surface area is 155 Å². The van der Waals surface area contributed by atoms with Crippen LogP contribution in [0.4, 0.5) is 4.39 Å². The SMILES string of the molecule is CCN(CC)C(c1ccc(F)cc1)c1nnnn1C1CCCCC1.[Cl-]. The first-order valence-corrected chi connectivity index (χ1v) is 9.01. The van der Waals surface area contributed by atoms with Crippen molar-refractivity contribution in [3.63, 3.8) is 0 Å². The van der Waals surface area contributed by atoms with E-state index in [1.807, 2.05) is 16.8 Å². The van der Waals surface area contributed by atoms with E-state index in [-0.39, 0.29) is 24.3 Å². The first kappa shape index (κ1) is 19.8. The van der Waals surface area contributed by atoms with Crippen molar-refractivity contribution in [1.82, 2.24) is 25.1 Å². The Hall–Kier alpha value is -1.53. The quantitative estimate of drug-likeness (QED) is 0.757. The third-order valence-corrected chi connectivity index (χ3v) is 5.05. The fourth-order valence-corrected chi connectivity index (χ4v) is 3.72. The maximum absolute atomic E-state index is 13.4. The van der Waals surface area contributed by atoms with Crippen LogP contribution in [-0.4, -0.2) is 38.2 Å². The third-order valence-electron chi connectivity index (χ3n) is 5.05. The van der Waals surface area contributed by atoms with Crippen molar-refractivity contribution < 1.29 is 16.8 Å². The molecule has 1 saturated carbocycles. The predicted molar refractivity (Wildman–Crippen MR) is 91.1 cm³/mol. The lowest BCUT2D eigenvalue weighted by Crippen LogP contribution is -3.00. The van der Waals surface area contributed by atoms with Gasteiger partial charge in [-0.3, -0.25) is 4.90 Å².